The predicted molar refractivity (Wildman–Crippen MR) is 107 cm³/mol. The molecule has 9 nitrogen and oxygen atoms in total. The highest BCUT2D eigenvalue weighted by Gasteiger charge is 2.13. The molecule has 11 heteroatoms. The third kappa shape index (κ3) is 4.89. The Hall–Kier alpha value is -4.15. The summed E-state index contributed by atoms with van der Waals surface area (Å²) in [5.41, 5.74) is 2.06. The molecule has 2 heterocycles. The van der Waals surface area contributed by atoms with Crippen LogP contribution in [0.25, 0.3) is 11.4 Å². The number of carbonyl (C=O) groups is 1. The molecule has 1 N–H and O–H groups in total. The van der Waals surface area contributed by atoms with Crippen LogP contribution in [-0.4, -0.2) is 42.5 Å². The molecule has 0 aliphatic carbocycles. The molecule has 0 aliphatic rings. The van der Waals surface area contributed by atoms with Gasteiger partial charge in [0, 0.05) is 17.4 Å². The van der Waals surface area contributed by atoms with E-state index in [1.165, 1.54) is 27.7 Å². The van der Waals surface area contributed by atoms with Crippen molar-refractivity contribution in [2.45, 2.75) is 20.2 Å². The first-order chi connectivity index (χ1) is 15.0. The Morgan fingerprint density at radius 2 is 1.94 bits per heavy atom. The molecule has 0 aliphatic heterocycles. The topological polar surface area (TPSA) is 99.8 Å². The van der Waals surface area contributed by atoms with E-state index < -0.39 is 12.5 Å². The van der Waals surface area contributed by atoms with Gasteiger partial charge in [0.25, 0.3) is 5.91 Å². The molecule has 0 saturated heterocycles. The largest absolute Gasteiger partial charge is 0.435 e. The molecule has 0 spiro atoms. The van der Waals surface area contributed by atoms with Crippen LogP contribution in [0, 0.1) is 6.92 Å². The lowest BCUT2D eigenvalue weighted by Gasteiger charge is -2.10. The Morgan fingerprint density at radius 3 is 2.68 bits per heavy atom. The third-order valence-corrected chi connectivity index (χ3v) is 4.30. The Labute approximate surface area is 175 Å². The number of nitrogens with zero attached hydrogens (tertiary/aromatic N) is 6. The van der Waals surface area contributed by atoms with Crippen molar-refractivity contribution < 1.29 is 18.3 Å². The number of ether oxygens (including phenoxy) is 1. The predicted octanol–water partition coefficient (Wildman–Crippen LogP) is 3.20. The second kappa shape index (κ2) is 8.69. The number of alkyl halides is 2. The van der Waals surface area contributed by atoms with E-state index in [1.807, 2.05) is 30.3 Å². The molecule has 0 saturated carbocycles. The van der Waals surface area contributed by atoms with E-state index in [0.717, 1.165) is 5.56 Å². The molecular formula is C20H17F2N7O2. The number of nitrogens with one attached hydrogen (secondary N) is 1. The number of hydrogen-bond acceptors (Lipinski definition) is 6. The van der Waals surface area contributed by atoms with Crippen LogP contribution in [0.2, 0.25) is 0 Å². The number of tetrazole rings is 1. The highest BCUT2D eigenvalue weighted by Crippen LogP contribution is 2.23. The van der Waals surface area contributed by atoms with Crippen LogP contribution in [0.5, 0.6) is 5.75 Å². The number of aromatic nitrogens is 6. The lowest BCUT2D eigenvalue weighted by molar-refractivity contribution is -0.0498. The van der Waals surface area contributed by atoms with Crippen molar-refractivity contribution in [1.29, 1.82) is 0 Å². The standard InChI is InChI=1S/C20H17F2N7O2/c1-13-11-15(31-20(21)22)7-8-16(13)23-19(30)17-9-10-28(25-17)12-29-26-18(24-27-29)14-5-3-2-4-6-14/h2-11,20H,12H2,1H3,(H,23,30). The first kappa shape index (κ1) is 20.1. The Bertz CT molecular complexity index is 1190. The van der Waals surface area contributed by atoms with Crippen LogP contribution in [0.1, 0.15) is 16.1 Å². The Kier molecular flexibility index (Phi) is 5.65. The van der Waals surface area contributed by atoms with Crippen molar-refractivity contribution in [3.8, 4) is 17.1 Å². The number of carbonyl (C=O) groups excluding carboxylic acids is 1. The van der Waals surface area contributed by atoms with Crippen molar-refractivity contribution in [2.75, 3.05) is 5.32 Å². The van der Waals surface area contributed by atoms with Crippen LogP contribution in [0.15, 0.2) is 60.8 Å². The molecule has 0 atom stereocenters. The second-order valence-corrected chi connectivity index (χ2v) is 6.54. The number of rotatable bonds is 7. The molecule has 0 unspecified atom stereocenters. The monoisotopic (exact) mass is 425 g/mol. The van der Waals surface area contributed by atoms with Gasteiger partial charge in [0.15, 0.2) is 12.4 Å². The van der Waals surface area contributed by atoms with Gasteiger partial charge in [-0.2, -0.15) is 13.9 Å². The van der Waals surface area contributed by atoms with E-state index in [1.54, 1.807) is 19.2 Å². The first-order valence-corrected chi connectivity index (χ1v) is 9.21. The van der Waals surface area contributed by atoms with Gasteiger partial charge >= 0.3 is 6.61 Å². The fraction of sp³-hybridized carbons (Fsp3) is 0.150. The van der Waals surface area contributed by atoms with Crippen LogP contribution >= 0.6 is 0 Å². The van der Waals surface area contributed by atoms with Gasteiger partial charge < -0.3 is 10.1 Å². The van der Waals surface area contributed by atoms with E-state index in [4.69, 9.17) is 0 Å². The summed E-state index contributed by atoms with van der Waals surface area (Å²) >= 11 is 0. The summed E-state index contributed by atoms with van der Waals surface area (Å²) in [6.07, 6.45) is 1.62. The quantitative estimate of drug-likeness (QED) is 0.488. The van der Waals surface area contributed by atoms with Crippen LogP contribution < -0.4 is 10.1 Å². The SMILES string of the molecule is Cc1cc(OC(F)F)ccc1NC(=O)c1ccn(Cn2nnc(-c3ccccc3)n2)n1. The summed E-state index contributed by atoms with van der Waals surface area (Å²) in [6.45, 7) is -1.06. The maximum absolute atomic E-state index is 12.5. The van der Waals surface area contributed by atoms with Gasteiger partial charge in [0.05, 0.1) is 0 Å². The number of amides is 1. The van der Waals surface area contributed by atoms with Crippen molar-refractivity contribution in [2.24, 2.45) is 0 Å². The van der Waals surface area contributed by atoms with E-state index in [0.29, 0.717) is 17.1 Å². The minimum absolute atomic E-state index is 0.0185. The highest BCUT2D eigenvalue weighted by atomic mass is 19.3. The fourth-order valence-electron chi connectivity index (χ4n) is 2.84. The molecule has 0 radical (unpaired) electrons. The average Bonchev–Trinajstić information content (AvgIpc) is 3.40. The molecule has 2 aromatic heterocycles. The van der Waals surface area contributed by atoms with Crippen LogP contribution in [0.4, 0.5) is 14.5 Å². The third-order valence-electron chi connectivity index (χ3n) is 4.30. The van der Waals surface area contributed by atoms with E-state index >= 15 is 0 Å². The van der Waals surface area contributed by atoms with Crippen molar-refractivity contribution in [3.05, 3.63) is 72.1 Å². The first-order valence-electron chi connectivity index (χ1n) is 9.21. The number of benzene rings is 2. The van der Waals surface area contributed by atoms with Gasteiger partial charge in [-0.15, -0.1) is 15.0 Å². The fourth-order valence-corrected chi connectivity index (χ4v) is 2.84. The average molecular weight is 425 g/mol. The van der Waals surface area contributed by atoms with Crippen molar-refractivity contribution in [3.63, 3.8) is 0 Å². The molecule has 4 aromatic rings. The zero-order chi connectivity index (χ0) is 21.8. The summed E-state index contributed by atoms with van der Waals surface area (Å²) in [5.74, 6) is 0.0614. The van der Waals surface area contributed by atoms with Crippen LogP contribution in [-0.2, 0) is 6.67 Å². The second-order valence-electron chi connectivity index (χ2n) is 6.54. The number of anilines is 1. The molecule has 2 aromatic carbocycles. The Morgan fingerprint density at radius 1 is 1.13 bits per heavy atom. The lowest BCUT2D eigenvalue weighted by atomic mass is 10.2. The van der Waals surface area contributed by atoms with E-state index in [2.05, 4.69) is 30.6 Å². The molecular weight excluding hydrogens is 408 g/mol. The van der Waals surface area contributed by atoms with Gasteiger partial charge in [-0.25, -0.2) is 4.68 Å². The molecule has 158 valence electrons. The van der Waals surface area contributed by atoms with Crippen molar-refractivity contribution in [1.82, 2.24) is 30.0 Å². The number of halogens is 2. The van der Waals surface area contributed by atoms with Crippen molar-refractivity contribution >= 4 is 11.6 Å². The summed E-state index contributed by atoms with van der Waals surface area (Å²) in [6, 6.07) is 15.2. The summed E-state index contributed by atoms with van der Waals surface area (Å²) in [7, 11) is 0. The van der Waals surface area contributed by atoms with Crippen LogP contribution in [0.3, 0.4) is 0 Å². The number of hydrogen-bond donors (Lipinski definition) is 1. The molecule has 31 heavy (non-hydrogen) atoms. The molecule has 0 fully saturated rings. The summed E-state index contributed by atoms with van der Waals surface area (Å²) in [5, 5.41) is 19.2. The van der Waals surface area contributed by atoms with E-state index in [-0.39, 0.29) is 18.1 Å². The maximum Gasteiger partial charge on any atom is 0.387 e. The zero-order valence-electron chi connectivity index (χ0n) is 16.3. The van der Waals surface area contributed by atoms with E-state index in [9.17, 15) is 13.6 Å². The minimum Gasteiger partial charge on any atom is -0.435 e. The highest BCUT2D eigenvalue weighted by molar-refractivity contribution is 6.03. The lowest BCUT2D eigenvalue weighted by Crippen LogP contribution is -2.16. The molecule has 0 bridgehead atoms. The minimum atomic E-state index is -2.91. The molecule has 1 amide bonds. The van der Waals surface area contributed by atoms with Gasteiger partial charge in [0.1, 0.15) is 5.75 Å². The molecule has 4 rings (SSSR count). The van der Waals surface area contributed by atoms with Gasteiger partial charge in [0.2, 0.25) is 5.82 Å². The Balaban J connectivity index is 1.41. The number of aryl methyl sites for hydroxylation is 1. The van der Waals surface area contributed by atoms with Gasteiger partial charge in [-0.1, -0.05) is 30.3 Å². The smallest absolute Gasteiger partial charge is 0.387 e. The summed E-state index contributed by atoms with van der Waals surface area (Å²) < 4.78 is 30.5. The van der Waals surface area contributed by atoms with Gasteiger partial charge in [-0.05, 0) is 42.0 Å². The zero-order valence-corrected chi connectivity index (χ0v) is 16.3. The normalized spacial score (nSPS) is 11.0. The summed E-state index contributed by atoms with van der Waals surface area (Å²) in [4.78, 5) is 13.9. The van der Waals surface area contributed by atoms with Gasteiger partial charge in [-0.3, -0.25) is 4.79 Å². The maximum atomic E-state index is 12.5.